The zero-order chi connectivity index (χ0) is 41.8. The third-order valence-electron chi connectivity index (χ3n) is 9.50. The van der Waals surface area contributed by atoms with E-state index in [9.17, 15) is 48.6 Å². The molecule has 1 fully saturated rings. The molecule has 21 heteroatoms. The minimum atomic E-state index is -1.61. The number of hydrogen-bond donors (Lipinski definition) is 11. The van der Waals surface area contributed by atoms with Gasteiger partial charge >= 0.3 is 5.97 Å². The zero-order valence-electron chi connectivity index (χ0n) is 31.4. The highest BCUT2D eigenvalue weighted by atomic mass is 16.4. The molecule has 7 amide bonds. The third-order valence-corrected chi connectivity index (χ3v) is 9.50. The molecular weight excluding hydrogens is 746 g/mol. The van der Waals surface area contributed by atoms with E-state index in [1.165, 1.54) is 31.3 Å². The molecule has 0 unspecified atom stereocenters. The number of aromatic amines is 2. The van der Waals surface area contributed by atoms with Crippen molar-refractivity contribution in [3.8, 4) is 0 Å². The van der Waals surface area contributed by atoms with Crippen LogP contribution in [0, 0.1) is 0 Å². The van der Waals surface area contributed by atoms with Crippen LogP contribution in [-0.2, 0) is 51.2 Å². The third kappa shape index (κ3) is 11.8. The van der Waals surface area contributed by atoms with Crippen LogP contribution in [0.5, 0.6) is 0 Å². The van der Waals surface area contributed by atoms with Crippen molar-refractivity contribution in [1.29, 1.82) is 0 Å². The van der Waals surface area contributed by atoms with Gasteiger partial charge in [0.25, 0.3) is 0 Å². The molecular formula is C36H49N11O10. The van der Waals surface area contributed by atoms with Crippen molar-refractivity contribution in [3.05, 3.63) is 54.2 Å². The highest BCUT2D eigenvalue weighted by molar-refractivity contribution is 5.97. The fraction of sp³-hybridized carbons (Fsp3) is 0.472. The normalized spacial score (nSPS) is 17.0. The molecule has 13 N–H and O–H groups in total. The van der Waals surface area contributed by atoms with Gasteiger partial charge in [0.15, 0.2) is 0 Å². The second-order valence-electron chi connectivity index (χ2n) is 13.8. The van der Waals surface area contributed by atoms with Gasteiger partial charge in [-0.25, -0.2) is 9.78 Å². The number of nitrogens with zero attached hydrogens (tertiary/aromatic N) is 2. The number of aliphatic hydroxyl groups is 1. The monoisotopic (exact) mass is 795 g/mol. The smallest absolute Gasteiger partial charge is 0.326 e. The van der Waals surface area contributed by atoms with Crippen LogP contribution in [0.25, 0.3) is 10.9 Å². The fourth-order valence-electron chi connectivity index (χ4n) is 6.31. The number of amides is 7. The molecule has 0 saturated carbocycles. The van der Waals surface area contributed by atoms with E-state index in [1.54, 1.807) is 6.20 Å². The van der Waals surface area contributed by atoms with Gasteiger partial charge in [-0.3, -0.25) is 33.6 Å². The summed E-state index contributed by atoms with van der Waals surface area (Å²) in [5, 5.41) is 32.6. The van der Waals surface area contributed by atoms with Crippen LogP contribution in [-0.4, -0.2) is 133 Å². The predicted molar refractivity (Wildman–Crippen MR) is 201 cm³/mol. The van der Waals surface area contributed by atoms with Gasteiger partial charge in [0.1, 0.15) is 36.3 Å². The number of fused-ring (bicyclic) bond motifs is 1. The fourth-order valence-corrected chi connectivity index (χ4v) is 6.31. The predicted octanol–water partition coefficient (Wildman–Crippen LogP) is -3.20. The number of benzene rings is 1. The lowest BCUT2D eigenvalue weighted by Crippen LogP contribution is -2.60. The summed E-state index contributed by atoms with van der Waals surface area (Å²) in [6.45, 7) is 1.89. The number of primary amides is 1. The number of nitrogens with one attached hydrogen (secondary N) is 7. The summed E-state index contributed by atoms with van der Waals surface area (Å²) in [5.41, 5.74) is 13.5. The lowest BCUT2D eigenvalue weighted by molar-refractivity contribution is -0.149. The van der Waals surface area contributed by atoms with Gasteiger partial charge in [-0.2, -0.15) is 0 Å². The molecule has 21 nitrogen and oxygen atoms in total. The van der Waals surface area contributed by atoms with Crippen molar-refractivity contribution >= 4 is 58.2 Å². The number of carbonyl (C=O) groups is 8. The van der Waals surface area contributed by atoms with E-state index in [-0.39, 0.29) is 38.6 Å². The maximum absolute atomic E-state index is 13.5. The average molecular weight is 796 g/mol. The van der Waals surface area contributed by atoms with E-state index in [4.69, 9.17) is 11.5 Å². The lowest BCUT2D eigenvalue weighted by Gasteiger charge is -2.28. The summed E-state index contributed by atoms with van der Waals surface area (Å²) in [7, 11) is 0. The van der Waals surface area contributed by atoms with Gasteiger partial charge in [-0.05, 0) is 51.2 Å². The van der Waals surface area contributed by atoms with Crippen molar-refractivity contribution < 1.29 is 48.6 Å². The van der Waals surface area contributed by atoms with E-state index in [2.05, 4.69) is 41.5 Å². The lowest BCUT2D eigenvalue weighted by atomic mass is 10.0. The number of aliphatic carboxylic acids is 1. The average Bonchev–Trinajstić information content (AvgIpc) is 3.97. The van der Waals surface area contributed by atoms with Crippen LogP contribution >= 0.6 is 0 Å². The van der Waals surface area contributed by atoms with E-state index in [0.717, 1.165) is 16.5 Å². The largest absolute Gasteiger partial charge is 0.480 e. The summed E-state index contributed by atoms with van der Waals surface area (Å²) in [6, 6.07) is -1.51. The molecule has 3 aromatic rings. The molecule has 1 saturated heterocycles. The minimum absolute atomic E-state index is 0.0697. The summed E-state index contributed by atoms with van der Waals surface area (Å²) >= 11 is 0. The number of para-hydroxylation sites is 1. The second-order valence-corrected chi connectivity index (χ2v) is 13.8. The van der Waals surface area contributed by atoms with Gasteiger partial charge in [0, 0.05) is 48.4 Å². The Labute approximate surface area is 326 Å². The molecule has 2 aromatic heterocycles. The minimum Gasteiger partial charge on any atom is -0.480 e. The molecule has 1 aliphatic heterocycles. The Hall–Kier alpha value is -6.35. The Morgan fingerprint density at radius 1 is 0.860 bits per heavy atom. The number of imidazole rings is 1. The number of rotatable bonds is 20. The first-order valence-corrected chi connectivity index (χ1v) is 18.3. The first kappa shape index (κ1) is 43.4. The molecule has 57 heavy (non-hydrogen) atoms. The molecule has 308 valence electrons. The van der Waals surface area contributed by atoms with E-state index < -0.39 is 96.2 Å². The van der Waals surface area contributed by atoms with Gasteiger partial charge in [-0.1, -0.05) is 18.2 Å². The Balaban J connectivity index is 1.35. The highest BCUT2D eigenvalue weighted by Crippen LogP contribution is 2.20. The standard InChI is InChI=1S/C36H49N11O10/c1-18(42-32(52)23(37)12-20-14-40-24-7-4-3-6-22(20)24)31(51)46-27(16-48)34(54)44-25(9-10-29(38)49)33(53)43-19(2)30(50)45-26(13-21-15-39-17-41-21)35(55)47-11-5-8-28(47)36(56)57/h3-4,6-7,14-15,17-19,23,25-28,40,48H,5,8-13,16,37H2,1-2H3,(H2,38,49)(H,39,41)(H,42,52)(H,43,53)(H,44,54)(H,45,50)(H,46,51)(H,56,57)/t18-,19-,23-,25-,26-,27-,28-/m0/s1. The number of likely N-dealkylation sites (tertiary alicyclic amines) is 1. The van der Waals surface area contributed by atoms with Crippen molar-refractivity contribution in [2.45, 2.75) is 94.7 Å². The Morgan fingerprint density at radius 3 is 2.12 bits per heavy atom. The Bertz CT molecular complexity index is 1930. The van der Waals surface area contributed by atoms with Crippen LogP contribution < -0.4 is 38.1 Å². The Kier molecular flexibility index (Phi) is 15.2. The molecule has 1 aliphatic rings. The highest BCUT2D eigenvalue weighted by Gasteiger charge is 2.38. The molecule has 0 aliphatic carbocycles. The van der Waals surface area contributed by atoms with Gasteiger partial charge in [-0.15, -0.1) is 0 Å². The van der Waals surface area contributed by atoms with Crippen LogP contribution in [0.1, 0.15) is 50.8 Å². The van der Waals surface area contributed by atoms with E-state index >= 15 is 0 Å². The number of H-pyrrole nitrogens is 2. The van der Waals surface area contributed by atoms with Crippen LogP contribution in [0.4, 0.5) is 0 Å². The first-order chi connectivity index (χ1) is 27.1. The van der Waals surface area contributed by atoms with Gasteiger partial charge < -0.3 is 63.1 Å². The molecule has 0 bridgehead atoms. The molecule has 4 rings (SSSR count). The summed E-state index contributed by atoms with van der Waals surface area (Å²) in [4.78, 5) is 114. The molecule has 0 spiro atoms. The topological polar surface area (TPSA) is 337 Å². The summed E-state index contributed by atoms with van der Waals surface area (Å²) in [5.74, 6) is -6.95. The van der Waals surface area contributed by atoms with Crippen molar-refractivity contribution in [2.24, 2.45) is 11.5 Å². The van der Waals surface area contributed by atoms with Crippen molar-refractivity contribution in [3.63, 3.8) is 0 Å². The second kappa shape index (κ2) is 20.0. The first-order valence-electron chi connectivity index (χ1n) is 18.3. The number of aromatic nitrogens is 3. The number of carbonyl (C=O) groups excluding carboxylic acids is 7. The number of carboxylic acids is 1. The van der Waals surface area contributed by atoms with E-state index in [1.807, 2.05) is 24.3 Å². The number of aliphatic hydroxyl groups excluding tert-OH is 1. The number of hydrogen-bond acceptors (Lipinski definition) is 11. The quantitative estimate of drug-likeness (QED) is 0.0539. The van der Waals surface area contributed by atoms with Crippen molar-refractivity contribution in [1.82, 2.24) is 46.4 Å². The molecule has 0 radical (unpaired) electrons. The molecule has 1 aromatic carbocycles. The maximum atomic E-state index is 13.5. The summed E-state index contributed by atoms with van der Waals surface area (Å²) < 4.78 is 0. The van der Waals surface area contributed by atoms with Gasteiger partial charge in [0.05, 0.1) is 19.0 Å². The summed E-state index contributed by atoms with van der Waals surface area (Å²) in [6.07, 6.45) is 4.63. The van der Waals surface area contributed by atoms with Crippen LogP contribution in [0.15, 0.2) is 43.0 Å². The Morgan fingerprint density at radius 2 is 1.49 bits per heavy atom. The molecule has 7 atom stereocenters. The van der Waals surface area contributed by atoms with Crippen LogP contribution in [0.3, 0.4) is 0 Å². The molecule has 3 heterocycles. The maximum Gasteiger partial charge on any atom is 0.326 e. The SMILES string of the molecule is C[C@H](NC(=O)[C@H](CCC(N)=O)NC(=O)[C@H](CO)NC(=O)[C@H](C)NC(=O)[C@@H](N)Cc1c[nH]c2ccccc12)C(=O)N[C@@H](Cc1cnc[nH]1)C(=O)N1CCC[C@H]1C(=O)O. The van der Waals surface area contributed by atoms with Crippen LogP contribution in [0.2, 0.25) is 0 Å². The zero-order valence-corrected chi connectivity index (χ0v) is 31.4. The number of carboxylic acid groups (broad SMARTS) is 1. The van der Waals surface area contributed by atoms with Crippen molar-refractivity contribution in [2.75, 3.05) is 13.2 Å². The number of nitrogens with two attached hydrogens (primary N) is 2. The van der Waals surface area contributed by atoms with Gasteiger partial charge in [0.2, 0.25) is 41.4 Å². The van der Waals surface area contributed by atoms with E-state index in [0.29, 0.717) is 12.1 Å².